The third-order valence-corrected chi connectivity index (χ3v) is 7.19. The van der Waals surface area contributed by atoms with Gasteiger partial charge in [0.05, 0.1) is 4.90 Å². The molecule has 1 aliphatic heterocycles. The minimum Gasteiger partial charge on any atom is -0.322 e. The van der Waals surface area contributed by atoms with Crippen LogP contribution in [0.25, 0.3) is 0 Å². The molecule has 0 bridgehead atoms. The maximum absolute atomic E-state index is 12.7. The van der Waals surface area contributed by atoms with Crippen LogP contribution in [-0.4, -0.2) is 32.3 Å². The van der Waals surface area contributed by atoms with E-state index in [0.29, 0.717) is 16.9 Å². The van der Waals surface area contributed by atoms with Crippen molar-refractivity contribution in [2.75, 3.05) is 23.1 Å². The first-order valence-corrected chi connectivity index (χ1v) is 12.7. The van der Waals surface area contributed by atoms with Gasteiger partial charge in [-0.1, -0.05) is 43.3 Å². The van der Waals surface area contributed by atoms with E-state index in [0.717, 1.165) is 25.6 Å². The first kappa shape index (κ1) is 23.0. The number of likely N-dealkylation sites (tertiary alicyclic amines) is 1. The number of benzene rings is 3. The van der Waals surface area contributed by atoms with Gasteiger partial charge in [0.2, 0.25) is 0 Å². The van der Waals surface area contributed by atoms with Crippen molar-refractivity contribution in [2.24, 2.45) is 5.92 Å². The number of hydrogen-bond donors (Lipinski definition) is 2. The second-order valence-corrected chi connectivity index (χ2v) is 10.3. The predicted molar refractivity (Wildman–Crippen MR) is 132 cm³/mol. The molecule has 3 aromatic rings. The van der Waals surface area contributed by atoms with E-state index in [4.69, 9.17) is 0 Å². The van der Waals surface area contributed by atoms with Crippen LogP contribution in [0.4, 0.5) is 11.4 Å². The highest BCUT2D eigenvalue weighted by Gasteiger charge is 2.17. The minimum absolute atomic E-state index is 0.166. The van der Waals surface area contributed by atoms with Crippen LogP contribution in [0.3, 0.4) is 0 Å². The molecule has 1 heterocycles. The van der Waals surface area contributed by atoms with Crippen molar-refractivity contribution in [3.63, 3.8) is 0 Å². The largest absolute Gasteiger partial charge is 0.322 e. The van der Waals surface area contributed by atoms with Crippen molar-refractivity contribution >= 4 is 27.3 Å². The van der Waals surface area contributed by atoms with E-state index in [2.05, 4.69) is 21.9 Å². The number of amides is 1. The zero-order valence-electron chi connectivity index (χ0n) is 18.7. The van der Waals surface area contributed by atoms with E-state index >= 15 is 0 Å². The van der Waals surface area contributed by atoms with Gasteiger partial charge in [-0.05, 0) is 73.3 Å². The summed E-state index contributed by atoms with van der Waals surface area (Å²) in [6, 6.07) is 22.5. The van der Waals surface area contributed by atoms with Crippen LogP contribution in [-0.2, 0) is 16.6 Å². The third kappa shape index (κ3) is 6.21. The molecule has 1 aliphatic rings. The van der Waals surface area contributed by atoms with Crippen LogP contribution in [0.1, 0.15) is 35.7 Å². The van der Waals surface area contributed by atoms with E-state index in [-0.39, 0.29) is 10.8 Å². The first-order chi connectivity index (χ1) is 15.9. The lowest BCUT2D eigenvalue weighted by molar-refractivity contribution is 0.102. The molecule has 7 heteroatoms. The van der Waals surface area contributed by atoms with Crippen molar-refractivity contribution in [1.82, 2.24) is 4.90 Å². The Hall–Kier alpha value is -3.16. The van der Waals surface area contributed by atoms with Gasteiger partial charge in [-0.25, -0.2) is 8.42 Å². The summed E-state index contributed by atoms with van der Waals surface area (Å²) in [5.74, 6) is 0.443. The molecule has 1 saturated heterocycles. The number of sulfonamides is 1. The molecule has 1 atom stereocenters. The van der Waals surface area contributed by atoms with Crippen molar-refractivity contribution in [3.8, 4) is 0 Å². The maximum atomic E-state index is 12.7. The van der Waals surface area contributed by atoms with Crippen LogP contribution in [0.2, 0.25) is 0 Å². The number of carbonyl (C=O) groups excluding carboxylic acids is 1. The monoisotopic (exact) mass is 463 g/mol. The van der Waals surface area contributed by atoms with Gasteiger partial charge in [0.25, 0.3) is 15.9 Å². The molecule has 33 heavy (non-hydrogen) atoms. The molecule has 6 nitrogen and oxygen atoms in total. The number of rotatable bonds is 7. The van der Waals surface area contributed by atoms with Gasteiger partial charge in [0.1, 0.15) is 0 Å². The molecule has 1 fully saturated rings. The zero-order chi connectivity index (χ0) is 23.3. The summed E-state index contributed by atoms with van der Waals surface area (Å²) >= 11 is 0. The van der Waals surface area contributed by atoms with Gasteiger partial charge in [0, 0.05) is 30.0 Å². The van der Waals surface area contributed by atoms with Crippen LogP contribution in [0.5, 0.6) is 0 Å². The Morgan fingerprint density at radius 1 is 0.970 bits per heavy atom. The number of carbonyl (C=O) groups is 1. The maximum Gasteiger partial charge on any atom is 0.261 e. The van der Waals surface area contributed by atoms with Crippen LogP contribution >= 0.6 is 0 Å². The number of nitrogens with one attached hydrogen (secondary N) is 2. The van der Waals surface area contributed by atoms with Crippen LogP contribution in [0.15, 0.2) is 83.8 Å². The second-order valence-electron chi connectivity index (χ2n) is 8.63. The van der Waals surface area contributed by atoms with Crippen molar-refractivity contribution in [2.45, 2.75) is 31.2 Å². The van der Waals surface area contributed by atoms with E-state index in [9.17, 15) is 13.2 Å². The summed E-state index contributed by atoms with van der Waals surface area (Å²) in [6.45, 7) is 5.48. The lowest BCUT2D eigenvalue weighted by Gasteiger charge is -2.30. The lowest BCUT2D eigenvalue weighted by Crippen LogP contribution is -2.33. The normalized spacial score (nSPS) is 16.8. The molecule has 3 aromatic carbocycles. The van der Waals surface area contributed by atoms with Gasteiger partial charge in [-0.3, -0.25) is 14.4 Å². The van der Waals surface area contributed by atoms with E-state index < -0.39 is 10.0 Å². The Balaban J connectivity index is 1.38. The fraction of sp³-hybridized carbons (Fsp3) is 0.269. The van der Waals surface area contributed by atoms with E-state index in [1.165, 1.54) is 36.6 Å². The van der Waals surface area contributed by atoms with Crippen molar-refractivity contribution < 1.29 is 13.2 Å². The predicted octanol–water partition coefficient (Wildman–Crippen LogP) is 4.97. The molecule has 0 saturated carbocycles. The fourth-order valence-corrected chi connectivity index (χ4v) is 5.19. The molecule has 2 N–H and O–H groups in total. The molecule has 0 aliphatic carbocycles. The minimum atomic E-state index is -3.72. The average Bonchev–Trinajstić information content (AvgIpc) is 2.81. The topological polar surface area (TPSA) is 78.5 Å². The Morgan fingerprint density at radius 2 is 1.73 bits per heavy atom. The lowest BCUT2D eigenvalue weighted by atomic mass is 10.00. The Labute approximate surface area is 195 Å². The summed E-state index contributed by atoms with van der Waals surface area (Å²) in [7, 11) is -3.72. The van der Waals surface area contributed by atoms with Crippen LogP contribution in [0, 0.1) is 5.92 Å². The molecular weight excluding hydrogens is 434 g/mol. The summed E-state index contributed by atoms with van der Waals surface area (Å²) in [6.07, 6.45) is 2.55. The van der Waals surface area contributed by atoms with Gasteiger partial charge in [0.15, 0.2) is 0 Å². The van der Waals surface area contributed by atoms with Gasteiger partial charge >= 0.3 is 0 Å². The van der Waals surface area contributed by atoms with E-state index in [1.54, 1.807) is 36.4 Å². The molecule has 0 radical (unpaired) electrons. The number of nitrogens with zero attached hydrogens (tertiary/aromatic N) is 1. The molecule has 4 rings (SSSR count). The van der Waals surface area contributed by atoms with Gasteiger partial charge < -0.3 is 5.32 Å². The standard InChI is InChI=1S/C26H29N3O3S/c1-20-7-6-16-29(18-20)19-21-12-14-23(15-13-21)27-26(30)22-8-5-9-24(17-22)28-33(31,32)25-10-3-2-4-11-25/h2-5,8-15,17,20,28H,6-7,16,18-19H2,1H3,(H,27,30). The van der Waals surface area contributed by atoms with Crippen molar-refractivity contribution in [1.29, 1.82) is 0 Å². The average molecular weight is 464 g/mol. The summed E-state index contributed by atoms with van der Waals surface area (Å²) < 4.78 is 27.6. The molecule has 1 amide bonds. The molecular formula is C26H29N3O3S. The zero-order valence-corrected chi connectivity index (χ0v) is 19.5. The fourth-order valence-electron chi connectivity index (χ4n) is 4.12. The summed E-state index contributed by atoms with van der Waals surface area (Å²) in [4.78, 5) is 15.4. The summed E-state index contributed by atoms with van der Waals surface area (Å²) in [5, 5.41) is 2.89. The van der Waals surface area contributed by atoms with Gasteiger partial charge in [-0.2, -0.15) is 0 Å². The number of piperidine rings is 1. The third-order valence-electron chi connectivity index (χ3n) is 5.79. The first-order valence-electron chi connectivity index (χ1n) is 11.2. The molecule has 0 aromatic heterocycles. The quantitative estimate of drug-likeness (QED) is 0.518. The van der Waals surface area contributed by atoms with E-state index in [1.807, 2.05) is 24.3 Å². The summed E-state index contributed by atoms with van der Waals surface area (Å²) in [5.41, 5.74) is 2.62. The Bertz CT molecular complexity index is 1190. The van der Waals surface area contributed by atoms with Crippen molar-refractivity contribution in [3.05, 3.63) is 90.0 Å². The van der Waals surface area contributed by atoms with Crippen LogP contribution < -0.4 is 10.0 Å². The smallest absolute Gasteiger partial charge is 0.261 e. The molecule has 1 unspecified atom stereocenters. The SMILES string of the molecule is CC1CCCN(Cc2ccc(NC(=O)c3cccc(NS(=O)(=O)c4ccccc4)c3)cc2)C1. The highest BCUT2D eigenvalue weighted by Crippen LogP contribution is 2.20. The second kappa shape index (κ2) is 10.2. The number of anilines is 2. The molecule has 172 valence electrons. The highest BCUT2D eigenvalue weighted by atomic mass is 32.2. The highest BCUT2D eigenvalue weighted by molar-refractivity contribution is 7.92. The molecule has 0 spiro atoms. The van der Waals surface area contributed by atoms with Gasteiger partial charge in [-0.15, -0.1) is 0 Å². The Kier molecular flexibility index (Phi) is 7.11. The number of hydrogen-bond acceptors (Lipinski definition) is 4. The Morgan fingerprint density at radius 3 is 2.45 bits per heavy atom.